The zero-order chi connectivity index (χ0) is 11.5. The molecule has 0 saturated heterocycles. The molecule has 0 aliphatic heterocycles. The molecule has 0 atom stereocenters. The van der Waals surface area contributed by atoms with Crippen molar-refractivity contribution in [2.75, 3.05) is 5.32 Å². The van der Waals surface area contributed by atoms with Gasteiger partial charge >= 0.3 is 0 Å². The Balaban J connectivity index is 2.23. The van der Waals surface area contributed by atoms with Crippen molar-refractivity contribution >= 4 is 39.0 Å². The van der Waals surface area contributed by atoms with Crippen molar-refractivity contribution in [3.63, 3.8) is 0 Å². The van der Waals surface area contributed by atoms with Crippen LogP contribution in [0.4, 0.5) is 15.9 Å². The fraction of sp³-hybridized carbons (Fsp3) is 0. The summed E-state index contributed by atoms with van der Waals surface area (Å²) in [5.74, 6) is -0.227. The zero-order valence-electron chi connectivity index (χ0n) is 8.05. The minimum atomic E-state index is -0.413. The average Bonchev–Trinajstić information content (AvgIpc) is 2.25. The molecule has 2 aromatic rings. The fourth-order valence-corrected chi connectivity index (χ4v) is 1.61. The summed E-state index contributed by atoms with van der Waals surface area (Å²) in [4.78, 5) is 3.93. The molecule has 16 heavy (non-hydrogen) atoms. The summed E-state index contributed by atoms with van der Waals surface area (Å²) in [6.07, 6.45) is 1.53. The number of anilines is 2. The van der Waals surface area contributed by atoms with Gasteiger partial charge in [-0.15, -0.1) is 0 Å². The predicted octanol–water partition coefficient (Wildman–Crippen LogP) is 4.38. The molecule has 0 radical (unpaired) electrons. The van der Waals surface area contributed by atoms with Gasteiger partial charge in [0.05, 0.1) is 0 Å². The molecule has 0 aliphatic carbocycles. The summed E-state index contributed by atoms with van der Waals surface area (Å²) in [5, 5.41) is 3.50. The van der Waals surface area contributed by atoms with Crippen molar-refractivity contribution in [2.45, 2.75) is 0 Å². The second-order valence-electron chi connectivity index (χ2n) is 3.12. The Hall–Kier alpha value is -1.13. The van der Waals surface area contributed by atoms with Crippen LogP contribution in [0.3, 0.4) is 0 Å². The number of aromatic nitrogens is 1. The largest absolute Gasteiger partial charge is 0.338 e. The Bertz CT molecular complexity index is 502. The highest BCUT2D eigenvalue weighted by atomic mass is 79.9. The third-order valence-electron chi connectivity index (χ3n) is 1.91. The third kappa shape index (κ3) is 2.71. The predicted molar refractivity (Wildman–Crippen MR) is 66.6 cm³/mol. The monoisotopic (exact) mass is 300 g/mol. The number of benzene rings is 1. The first-order valence-electron chi connectivity index (χ1n) is 4.49. The number of nitrogens with one attached hydrogen (secondary N) is 1. The van der Waals surface area contributed by atoms with Gasteiger partial charge in [0.1, 0.15) is 0 Å². The number of nitrogens with zero attached hydrogens (tertiary/aromatic N) is 1. The molecular formula is C11H7BrClFN2. The first kappa shape index (κ1) is 11.4. The Kier molecular flexibility index (Phi) is 3.41. The van der Waals surface area contributed by atoms with Gasteiger partial charge in [0, 0.05) is 21.4 Å². The molecule has 0 unspecified atom stereocenters. The SMILES string of the molecule is Fc1cc(Br)cnc1Nc1ccc(Cl)cc1. The Morgan fingerprint density at radius 1 is 1.25 bits per heavy atom. The lowest BCUT2D eigenvalue weighted by Crippen LogP contribution is -1.96. The highest BCUT2D eigenvalue weighted by Gasteiger charge is 2.04. The minimum absolute atomic E-state index is 0.186. The Labute approximate surface area is 106 Å². The van der Waals surface area contributed by atoms with Gasteiger partial charge in [-0.1, -0.05) is 11.6 Å². The van der Waals surface area contributed by atoms with Crippen molar-refractivity contribution in [1.82, 2.24) is 4.98 Å². The lowest BCUT2D eigenvalue weighted by molar-refractivity contribution is 0.625. The quantitative estimate of drug-likeness (QED) is 0.890. The molecule has 5 heteroatoms. The molecule has 82 valence electrons. The van der Waals surface area contributed by atoms with Crippen LogP contribution in [-0.4, -0.2) is 4.98 Å². The van der Waals surface area contributed by atoms with Crippen LogP contribution in [0.25, 0.3) is 0 Å². The van der Waals surface area contributed by atoms with Gasteiger partial charge in [0.25, 0.3) is 0 Å². The maximum atomic E-state index is 13.4. The van der Waals surface area contributed by atoms with Crippen LogP contribution in [-0.2, 0) is 0 Å². The molecule has 2 rings (SSSR count). The molecule has 1 aromatic heterocycles. The highest BCUT2D eigenvalue weighted by Crippen LogP contribution is 2.21. The van der Waals surface area contributed by atoms with Gasteiger partial charge in [-0.3, -0.25) is 0 Å². The van der Waals surface area contributed by atoms with E-state index in [-0.39, 0.29) is 5.82 Å². The molecule has 1 heterocycles. The topological polar surface area (TPSA) is 24.9 Å². The van der Waals surface area contributed by atoms with Gasteiger partial charge in [0.15, 0.2) is 11.6 Å². The van der Waals surface area contributed by atoms with Crippen molar-refractivity contribution in [3.05, 3.63) is 51.8 Å². The molecule has 0 aliphatic rings. The number of halogens is 3. The summed E-state index contributed by atoms with van der Waals surface area (Å²) >= 11 is 8.89. The van der Waals surface area contributed by atoms with E-state index in [0.717, 1.165) is 5.69 Å². The smallest absolute Gasteiger partial charge is 0.166 e. The zero-order valence-corrected chi connectivity index (χ0v) is 10.4. The molecule has 0 saturated carbocycles. The standard InChI is InChI=1S/C11H7BrClFN2/c12-7-5-10(14)11(15-6-7)16-9-3-1-8(13)2-4-9/h1-6H,(H,15,16). The van der Waals surface area contributed by atoms with Crippen LogP contribution in [0.15, 0.2) is 41.0 Å². The van der Waals surface area contributed by atoms with Crippen molar-refractivity contribution in [3.8, 4) is 0 Å². The number of rotatable bonds is 2. The molecule has 0 spiro atoms. The molecule has 0 bridgehead atoms. The van der Waals surface area contributed by atoms with Crippen LogP contribution >= 0.6 is 27.5 Å². The van der Waals surface area contributed by atoms with E-state index < -0.39 is 5.82 Å². The first-order valence-corrected chi connectivity index (χ1v) is 5.66. The van der Waals surface area contributed by atoms with Gasteiger partial charge in [-0.05, 0) is 46.3 Å². The van der Waals surface area contributed by atoms with Gasteiger partial charge in [-0.2, -0.15) is 0 Å². The second-order valence-corrected chi connectivity index (χ2v) is 4.47. The highest BCUT2D eigenvalue weighted by molar-refractivity contribution is 9.10. The Morgan fingerprint density at radius 2 is 1.94 bits per heavy atom. The Morgan fingerprint density at radius 3 is 2.56 bits per heavy atom. The number of hydrogen-bond donors (Lipinski definition) is 1. The third-order valence-corrected chi connectivity index (χ3v) is 2.60. The first-order chi connectivity index (χ1) is 7.65. The summed E-state index contributed by atoms with van der Waals surface area (Å²) in [5.41, 5.74) is 0.734. The summed E-state index contributed by atoms with van der Waals surface area (Å²) < 4.78 is 14.0. The van der Waals surface area contributed by atoms with Gasteiger partial charge in [0.2, 0.25) is 0 Å². The van der Waals surface area contributed by atoms with Crippen LogP contribution in [0.1, 0.15) is 0 Å². The maximum absolute atomic E-state index is 13.4. The molecular weight excluding hydrogens is 294 g/mol. The van der Waals surface area contributed by atoms with Crippen LogP contribution in [0.5, 0.6) is 0 Å². The van der Waals surface area contributed by atoms with E-state index in [1.54, 1.807) is 24.3 Å². The summed E-state index contributed by atoms with van der Waals surface area (Å²) in [6, 6.07) is 8.31. The molecule has 2 nitrogen and oxygen atoms in total. The second kappa shape index (κ2) is 4.80. The van der Waals surface area contributed by atoms with E-state index in [9.17, 15) is 4.39 Å². The van der Waals surface area contributed by atoms with Gasteiger partial charge < -0.3 is 5.32 Å². The van der Waals surface area contributed by atoms with Crippen LogP contribution < -0.4 is 5.32 Å². The normalized spacial score (nSPS) is 10.2. The van der Waals surface area contributed by atoms with Crippen LogP contribution in [0.2, 0.25) is 5.02 Å². The molecule has 1 N–H and O–H groups in total. The summed E-state index contributed by atoms with van der Waals surface area (Å²) in [6.45, 7) is 0. The van der Waals surface area contributed by atoms with E-state index in [1.807, 2.05) is 0 Å². The van der Waals surface area contributed by atoms with E-state index in [4.69, 9.17) is 11.6 Å². The lowest BCUT2D eigenvalue weighted by Gasteiger charge is -2.06. The van der Waals surface area contributed by atoms with E-state index >= 15 is 0 Å². The van der Waals surface area contributed by atoms with E-state index in [1.165, 1.54) is 12.3 Å². The summed E-state index contributed by atoms with van der Waals surface area (Å²) in [7, 11) is 0. The lowest BCUT2D eigenvalue weighted by atomic mass is 10.3. The van der Waals surface area contributed by atoms with Gasteiger partial charge in [-0.25, -0.2) is 9.37 Å². The molecule has 1 aromatic carbocycles. The average molecular weight is 302 g/mol. The number of hydrogen-bond acceptors (Lipinski definition) is 2. The molecule has 0 amide bonds. The minimum Gasteiger partial charge on any atom is -0.338 e. The number of pyridine rings is 1. The van der Waals surface area contributed by atoms with Crippen LogP contribution in [0, 0.1) is 5.82 Å². The molecule has 0 fully saturated rings. The maximum Gasteiger partial charge on any atom is 0.166 e. The van der Waals surface area contributed by atoms with E-state index in [0.29, 0.717) is 9.50 Å². The van der Waals surface area contributed by atoms with Crippen molar-refractivity contribution < 1.29 is 4.39 Å². The van der Waals surface area contributed by atoms with Crippen molar-refractivity contribution in [2.24, 2.45) is 0 Å². The van der Waals surface area contributed by atoms with Crippen molar-refractivity contribution in [1.29, 1.82) is 0 Å². The van der Waals surface area contributed by atoms with E-state index in [2.05, 4.69) is 26.2 Å². The fourth-order valence-electron chi connectivity index (χ4n) is 1.18.